The monoisotopic (exact) mass is 435 g/mol. The Labute approximate surface area is 187 Å². The van der Waals surface area contributed by atoms with Gasteiger partial charge >= 0.3 is 0 Å². The highest BCUT2D eigenvalue weighted by molar-refractivity contribution is 5.83. The summed E-state index contributed by atoms with van der Waals surface area (Å²) in [6.07, 6.45) is 7.95. The number of piperazine rings is 1. The van der Waals surface area contributed by atoms with Crippen LogP contribution < -0.4 is 15.1 Å². The molecular weight excluding hydrogens is 406 g/mol. The molecule has 1 saturated heterocycles. The van der Waals surface area contributed by atoms with Gasteiger partial charge in [0.25, 0.3) is 5.69 Å². The molecule has 1 N–H and O–H groups in total. The largest absolute Gasteiger partial charge is 0.364 e. The lowest BCUT2D eigenvalue weighted by Crippen LogP contribution is -2.62. The number of benzene rings is 1. The Kier molecular flexibility index (Phi) is 5.68. The highest BCUT2D eigenvalue weighted by Crippen LogP contribution is 2.38. The molecule has 5 rings (SSSR count). The average Bonchev–Trinajstić information content (AvgIpc) is 2.84. The molecule has 8 nitrogen and oxygen atoms in total. The molecule has 2 aromatic rings. The zero-order chi connectivity index (χ0) is 22.1. The number of hydrogen-bond acceptors (Lipinski definition) is 6. The number of aromatic nitrogens is 1. The van der Waals surface area contributed by atoms with Gasteiger partial charge < -0.3 is 15.1 Å². The van der Waals surface area contributed by atoms with E-state index in [0.717, 1.165) is 55.8 Å². The maximum atomic E-state index is 13.5. The molecule has 0 spiro atoms. The quantitative estimate of drug-likeness (QED) is 0.585. The first kappa shape index (κ1) is 20.7. The molecule has 168 valence electrons. The predicted molar refractivity (Wildman–Crippen MR) is 123 cm³/mol. The molecule has 0 bridgehead atoms. The summed E-state index contributed by atoms with van der Waals surface area (Å²) in [6.45, 7) is 2.25. The molecule has 1 aliphatic carbocycles. The lowest BCUT2D eigenvalue weighted by molar-refractivity contribution is -0.384. The van der Waals surface area contributed by atoms with Crippen LogP contribution in [0, 0.1) is 16.0 Å². The number of hydrogen-bond donors (Lipinski definition) is 1. The van der Waals surface area contributed by atoms with E-state index in [4.69, 9.17) is 0 Å². The van der Waals surface area contributed by atoms with Crippen molar-refractivity contribution < 1.29 is 9.72 Å². The van der Waals surface area contributed by atoms with Gasteiger partial charge in [-0.2, -0.15) is 0 Å². The molecule has 32 heavy (non-hydrogen) atoms. The smallest absolute Gasteiger partial charge is 0.269 e. The fourth-order valence-corrected chi connectivity index (χ4v) is 5.53. The van der Waals surface area contributed by atoms with Crippen molar-refractivity contribution in [3.63, 3.8) is 0 Å². The number of pyridine rings is 1. The summed E-state index contributed by atoms with van der Waals surface area (Å²) in [7, 11) is 0. The van der Waals surface area contributed by atoms with Crippen molar-refractivity contribution in [2.24, 2.45) is 5.92 Å². The first-order chi connectivity index (χ1) is 15.6. The van der Waals surface area contributed by atoms with E-state index < -0.39 is 0 Å². The SMILES string of the molecule is O=C(NC1CCCCC1)[C@@H]1Cc2cc([N+](=O)[O-])ccc2N2CCN(c3ccccn3)C[C@H]12. The summed E-state index contributed by atoms with van der Waals surface area (Å²) in [5.41, 5.74) is 1.99. The number of nitrogens with zero attached hydrogens (tertiary/aromatic N) is 4. The Hall–Kier alpha value is -3.16. The van der Waals surface area contributed by atoms with Crippen LogP contribution in [0.5, 0.6) is 0 Å². The Morgan fingerprint density at radius 1 is 1.12 bits per heavy atom. The molecule has 1 aromatic carbocycles. The number of carbonyl (C=O) groups excluding carboxylic acids is 1. The van der Waals surface area contributed by atoms with Crippen LogP contribution in [0.2, 0.25) is 0 Å². The molecule has 3 heterocycles. The standard InChI is InChI=1S/C24H29N5O3/c30-24(26-18-6-2-1-3-7-18)20-15-17-14-19(29(31)32)9-10-21(17)28-13-12-27(16-22(20)28)23-8-4-5-11-25-23/h4-5,8-11,14,18,20,22H,1-3,6-7,12-13,15-16H2,(H,26,30)/t20-,22-/m1/s1. The zero-order valence-electron chi connectivity index (χ0n) is 18.2. The third-order valence-electron chi connectivity index (χ3n) is 7.17. The number of nitro benzene ring substituents is 1. The lowest BCUT2D eigenvalue weighted by atomic mass is 9.82. The van der Waals surface area contributed by atoms with Crippen molar-refractivity contribution in [2.45, 2.75) is 50.6 Å². The van der Waals surface area contributed by atoms with E-state index in [1.54, 1.807) is 18.3 Å². The van der Waals surface area contributed by atoms with Crippen molar-refractivity contribution in [3.05, 3.63) is 58.3 Å². The number of nitrogens with one attached hydrogen (secondary N) is 1. The van der Waals surface area contributed by atoms with Crippen molar-refractivity contribution >= 4 is 23.1 Å². The summed E-state index contributed by atoms with van der Waals surface area (Å²) < 4.78 is 0. The van der Waals surface area contributed by atoms with Gasteiger partial charge in [-0.05, 0) is 43.0 Å². The number of amides is 1. The van der Waals surface area contributed by atoms with Crippen LogP contribution >= 0.6 is 0 Å². The van der Waals surface area contributed by atoms with Gasteiger partial charge in [0.15, 0.2) is 0 Å². The van der Waals surface area contributed by atoms with Crippen molar-refractivity contribution in [1.29, 1.82) is 0 Å². The minimum atomic E-state index is -0.359. The fraction of sp³-hybridized carbons (Fsp3) is 0.500. The van der Waals surface area contributed by atoms with Crippen LogP contribution in [0.4, 0.5) is 17.2 Å². The first-order valence-electron chi connectivity index (χ1n) is 11.6. The molecule has 1 aromatic heterocycles. The topological polar surface area (TPSA) is 91.6 Å². The van der Waals surface area contributed by atoms with Gasteiger partial charge in [-0.15, -0.1) is 0 Å². The van der Waals surface area contributed by atoms with Gasteiger partial charge in [-0.1, -0.05) is 25.3 Å². The van der Waals surface area contributed by atoms with E-state index in [9.17, 15) is 14.9 Å². The third-order valence-corrected chi connectivity index (χ3v) is 7.17. The second kappa shape index (κ2) is 8.76. The summed E-state index contributed by atoms with van der Waals surface area (Å²) in [5.74, 6) is 0.748. The average molecular weight is 436 g/mol. The molecule has 1 amide bonds. The van der Waals surface area contributed by atoms with Gasteiger partial charge in [0, 0.05) is 49.7 Å². The van der Waals surface area contributed by atoms with E-state index in [1.807, 2.05) is 24.3 Å². The van der Waals surface area contributed by atoms with Gasteiger partial charge in [0.2, 0.25) is 5.91 Å². The highest BCUT2D eigenvalue weighted by Gasteiger charge is 2.42. The Morgan fingerprint density at radius 3 is 2.72 bits per heavy atom. The van der Waals surface area contributed by atoms with E-state index in [-0.39, 0.29) is 34.5 Å². The summed E-state index contributed by atoms with van der Waals surface area (Å²) in [5, 5.41) is 14.7. The van der Waals surface area contributed by atoms with Crippen LogP contribution in [0.3, 0.4) is 0 Å². The first-order valence-corrected chi connectivity index (χ1v) is 11.6. The maximum Gasteiger partial charge on any atom is 0.269 e. The van der Waals surface area contributed by atoms with E-state index in [2.05, 4.69) is 20.1 Å². The van der Waals surface area contributed by atoms with Crippen molar-refractivity contribution in [2.75, 3.05) is 29.4 Å². The van der Waals surface area contributed by atoms with E-state index in [0.29, 0.717) is 13.0 Å². The minimum absolute atomic E-state index is 0.00306. The Balaban J connectivity index is 1.44. The zero-order valence-corrected chi connectivity index (χ0v) is 18.2. The van der Waals surface area contributed by atoms with E-state index >= 15 is 0 Å². The number of non-ortho nitro benzene ring substituents is 1. The molecule has 2 atom stereocenters. The van der Waals surface area contributed by atoms with Gasteiger partial charge in [0.1, 0.15) is 5.82 Å². The molecule has 0 radical (unpaired) electrons. The predicted octanol–water partition coefficient (Wildman–Crippen LogP) is 3.31. The second-order valence-electron chi connectivity index (χ2n) is 9.12. The van der Waals surface area contributed by atoms with Crippen LogP contribution in [0.25, 0.3) is 0 Å². The fourth-order valence-electron chi connectivity index (χ4n) is 5.53. The number of carbonyl (C=O) groups is 1. The molecule has 0 unspecified atom stereocenters. The highest BCUT2D eigenvalue weighted by atomic mass is 16.6. The number of anilines is 2. The Morgan fingerprint density at radius 2 is 1.97 bits per heavy atom. The van der Waals surface area contributed by atoms with Gasteiger partial charge in [-0.25, -0.2) is 4.98 Å². The lowest BCUT2D eigenvalue weighted by Gasteiger charge is -2.49. The van der Waals surface area contributed by atoms with Crippen LogP contribution in [-0.2, 0) is 11.2 Å². The van der Waals surface area contributed by atoms with E-state index in [1.165, 1.54) is 6.42 Å². The number of nitro groups is 1. The second-order valence-corrected chi connectivity index (χ2v) is 9.12. The van der Waals surface area contributed by atoms with Gasteiger partial charge in [0.05, 0.1) is 16.9 Å². The molecular formula is C24H29N5O3. The van der Waals surface area contributed by atoms with Crippen molar-refractivity contribution in [1.82, 2.24) is 10.3 Å². The number of rotatable bonds is 4. The molecule has 1 saturated carbocycles. The summed E-state index contributed by atoms with van der Waals surface area (Å²) in [4.78, 5) is 33.5. The molecule has 2 fully saturated rings. The van der Waals surface area contributed by atoms with Crippen molar-refractivity contribution in [3.8, 4) is 0 Å². The Bertz CT molecular complexity index is 992. The molecule has 2 aliphatic heterocycles. The number of fused-ring (bicyclic) bond motifs is 3. The van der Waals surface area contributed by atoms with Gasteiger partial charge in [-0.3, -0.25) is 14.9 Å². The van der Waals surface area contributed by atoms with Crippen LogP contribution in [0.1, 0.15) is 37.7 Å². The summed E-state index contributed by atoms with van der Waals surface area (Å²) in [6, 6.07) is 11.2. The molecule has 8 heteroatoms. The van der Waals surface area contributed by atoms with Crippen LogP contribution in [0.15, 0.2) is 42.6 Å². The summed E-state index contributed by atoms with van der Waals surface area (Å²) >= 11 is 0. The third kappa shape index (κ3) is 4.01. The maximum absolute atomic E-state index is 13.5. The van der Waals surface area contributed by atoms with Crippen LogP contribution in [-0.4, -0.2) is 47.5 Å². The normalized spacial score (nSPS) is 23.2. The minimum Gasteiger partial charge on any atom is -0.364 e. The molecule has 3 aliphatic rings.